The number of aromatic hydroxyl groups is 1. The lowest BCUT2D eigenvalue weighted by Gasteiger charge is -2.35. The van der Waals surface area contributed by atoms with Crippen molar-refractivity contribution in [2.75, 3.05) is 13.1 Å². The third kappa shape index (κ3) is 3.27. The molecule has 1 aromatic carbocycles. The van der Waals surface area contributed by atoms with Crippen molar-refractivity contribution < 1.29 is 9.50 Å². The fourth-order valence-electron chi connectivity index (χ4n) is 3.11. The van der Waals surface area contributed by atoms with Gasteiger partial charge >= 0.3 is 0 Å². The lowest BCUT2D eigenvalue weighted by Crippen LogP contribution is -2.40. The molecule has 0 spiro atoms. The molecule has 0 bridgehead atoms. The summed E-state index contributed by atoms with van der Waals surface area (Å²) in [6.07, 6.45) is 5.28. The van der Waals surface area contributed by atoms with Gasteiger partial charge in [-0.1, -0.05) is 13.8 Å². The van der Waals surface area contributed by atoms with Gasteiger partial charge in [0.15, 0.2) is 11.6 Å². The Morgan fingerprint density at radius 2 is 1.89 bits per heavy atom. The molecule has 106 valence electrons. The molecule has 2 rings (SSSR count). The van der Waals surface area contributed by atoms with Crippen molar-refractivity contribution >= 4 is 0 Å². The lowest BCUT2D eigenvalue weighted by atomic mass is 9.87. The van der Waals surface area contributed by atoms with Crippen molar-refractivity contribution in [2.45, 2.75) is 52.0 Å². The van der Waals surface area contributed by atoms with Gasteiger partial charge < -0.3 is 10.0 Å². The van der Waals surface area contributed by atoms with Crippen LogP contribution in [0.1, 0.15) is 44.2 Å². The number of benzene rings is 1. The summed E-state index contributed by atoms with van der Waals surface area (Å²) in [5.74, 6) is -0.701. The lowest BCUT2D eigenvalue weighted by molar-refractivity contribution is 0.180. The smallest absolute Gasteiger partial charge is 0.165 e. The van der Waals surface area contributed by atoms with Gasteiger partial charge in [0.25, 0.3) is 0 Å². The van der Waals surface area contributed by atoms with Gasteiger partial charge in [0.2, 0.25) is 0 Å². The molecule has 2 nitrogen and oxygen atoms in total. The van der Waals surface area contributed by atoms with Crippen LogP contribution in [0.2, 0.25) is 0 Å². The summed E-state index contributed by atoms with van der Waals surface area (Å²) in [7, 11) is 0. The first-order valence-electron chi connectivity index (χ1n) is 7.40. The Morgan fingerprint density at radius 3 is 2.53 bits per heavy atom. The van der Waals surface area contributed by atoms with Crippen LogP contribution in [0.5, 0.6) is 5.75 Å². The molecular formula is C16H24FNO. The third-order valence-corrected chi connectivity index (χ3v) is 4.01. The largest absolute Gasteiger partial charge is 0.505 e. The monoisotopic (exact) mass is 265 g/mol. The molecule has 0 fully saturated rings. The standard InChI is InChI=1S/C16H24FNO/c1-3-7-18(8-4-2)14-6-5-12-10-15(17)16(19)11-13(12)9-14/h10-11,14,19H,3-9H2,1-2H3/t14-/m1/s1. The second-order valence-corrected chi connectivity index (χ2v) is 5.50. The Hall–Kier alpha value is -1.09. The van der Waals surface area contributed by atoms with Crippen molar-refractivity contribution in [3.63, 3.8) is 0 Å². The van der Waals surface area contributed by atoms with Crippen LogP contribution in [0, 0.1) is 5.82 Å². The van der Waals surface area contributed by atoms with Crippen LogP contribution in [0.25, 0.3) is 0 Å². The molecule has 1 atom stereocenters. The summed E-state index contributed by atoms with van der Waals surface area (Å²) in [5, 5.41) is 9.52. The van der Waals surface area contributed by atoms with Gasteiger partial charge in [0.1, 0.15) is 0 Å². The van der Waals surface area contributed by atoms with Crippen molar-refractivity contribution in [2.24, 2.45) is 0 Å². The Balaban J connectivity index is 2.14. The van der Waals surface area contributed by atoms with Gasteiger partial charge in [-0.15, -0.1) is 0 Å². The minimum absolute atomic E-state index is 0.211. The highest BCUT2D eigenvalue weighted by Gasteiger charge is 2.24. The number of aryl methyl sites for hydroxylation is 1. The minimum Gasteiger partial charge on any atom is -0.505 e. The number of phenolic OH excluding ortho intramolecular Hbond substituents is 1. The Morgan fingerprint density at radius 1 is 1.21 bits per heavy atom. The zero-order valence-electron chi connectivity index (χ0n) is 12.0. The highest BCUT2D eigenvalue weighted by molar-refractivity contribution is 5.38. The van der Waals surface area contributed by atoms with E-state index in [0.29, 0.717) is 6.04 Å². The predicted octanol–water partition coefficient (Wildman–Crippen LogP) is 3.51. The molecule has 0 aliphatic heterocycles. The van der Waals surface area contributed by atoms with Gasteiger partial charge in [-0.25, -0.2) is 4.39 Å². The fraction of sp³-hybridized carbons (Fsp3) is 0.625. The summed E-state index contributed by atoms with van der Waals surface area (Å²) in [6.45, 7) is 6.67. The number of hydrogen-bond donors (Lipinski definition) is 1. The normalized spacial score (nSPS) is 18.6. The molecule has 1 aliphatic rings. The molecule has 19 heavy (non-hydrogen) atoms. The average molecular weight is 265 g/mol. The SMILES string of the molecule is CCCN(CCC)[C@@H]1CCc2cc(F)c(O)cc2C1. The van der Waals surface area contributed by atoms with Gasteiger partial charge in [0, 0.05) is 6.04 Å². The first kappa shape index (κ1) is 14.3. The summed E-state index contributed by atoms with van der Waals surface area (Å²) in [5.41, 5.74) is 2.19. The molecule has 0 amide bonds. The van der Waals surface area contributed by atoms with E-state index in [2.05, 4.69) is 18.7 Å². The van der Waals surface area contributed by atoms with Gasteiger partial charge in [-0.05, 0) is 68.5 Å². The number of fused-ring (bicyclic) bond motifs is 1. The van der Waals surface area contributed by atoms with E-state index in [1.165, 1.54) is 6.07 Å². The zero-order valence-corrected chi connectivity index (χ0v) is 12.0. The van der Waals surface area contributed by atoms with Gasteiger partial charge in [-0.3, -0.25) is 0 Å². The summed E-state index contributed by atoms with van der Waals surface area (Å²) < 4.78 is 13.3. The Bertz CT molecular complexity index is 427. The first-order valence-corrected chi connectivity index (χ1v) is 7.40. The number of halogens is 1. The quantitative estimate of drug-likeness (QED) is 0.880. The van der Waals surface area contributed by atoms with Crippen LogP contribution in [0.4, 0.5) is 4.39 Å². The fourth-order valence-corrected chi connectivity index (χ4v) is 3.11. The summed E-state index contributed by atoms with van der Waals surface area (Å²) in [6, 6.07) is 3.66. The maximum Gasteiger partial charge on any atom is 0.165 e. The van der Waals surface area contributed by atoms with E-state index < -0.39 is 5.82 Å². The Labute approximate surface area is 115 Å². The topological polar surface area (TPSA) is 23.5 Å². The number of hydrogen-bond acceptors (Lipinski definition) is 2. The predicted molar refractivity (Wildman–Crippen MR) is 76.0 cm³/mol. The van der Waals surface area contributed by atoms with Crippen LogP contribution in [0.3, 0.4) is 0 Å². The number of nitrogens with zero attached hydrogens (tertiary/aromatic N) is 1. The van der Waals surface area contributed by atoms with E-state index in [0.717, 1.165) is 56.3 Å². The molecule has 0 unspecified atom stereocenters. The second kappa shape index (κ2) is 6.38. The van der Waals surface area contributed by atoms with E-state index in [-0.39, 0.29) is 5.75 Å². The van der Waals surface area contributed by atoms with E-state index in [9.17, 15) is 9.50 Å². The zero-order chi connectivity index (χ0) is 13.8. The molecule has 0 aromatic heterocycles. The van der Waals surface area contributed by atoms with Crippen molar-refractivity contribution in [1.29, 1.82) is 0 Å². The molecule has 0 radical (unpaired) electrons. The van der Waals surface area contributed by atoms with Gasteiger partial charge in [-0.2, -0.15) is 0 Å². The van der Waals surface area contributed by atoms with Crippen molar-refractivity contribution in [3.8, 4) is 5.75 Å². The molecule has 0 saturated heterocycles. The van der Waals surface area contributed by atoms with E-state index >= 15 is 0 Å². The molecule has 0 heterocycles. The highest BCUT2D eigenvalue weighted by Crippen LogP contribution is 2.29. The van der Waals surface area contributed by atoms with Crippen molar-refractivity contribution in [1.82, 2.24) is 4.90 Å². The van der Waals surface area contributed by atoms with Crippen LogP contribution in [0.15, 0.2) is 12.1 Å². The molecule has 1 aliphatic carbocycles. The molecule has 1 N–H and O–H groups in total. The van der Waals surface area contributed by atoms with E-state index in [4.69, 9.17) is 0 Å². The molecule has 3 heteroatoms. The summed E-state index contributed by atoms with van der Waals surface area (Å²) >= 11 is 0. The van der Waals surface area contributed by atoms with E-state index in [1.54, 1.807) is 6.07 Å². The minimum atomic E-state index is -0.490. The maximum atomic E-state index is 13.3. The van der Waals surface area contributed by atoms with Crippen LogP contribution in [-0.4, -0.2) is 29.1 Å². The van der Waals surface area contributed by atoms with Crippen LogP contribution < -0.4 is 0 Å². The summed E-state index contributed by atoms with van der Waals surface area (Å²) in [4.78, 5) is 2.54. The number of phenols is 1. The highest BCUT2D eigenvalue weighted by atomic mass is 19.1. The number of rotatable bonds is 5. The molecule has 1 aromatic rings. The maximum absolute atomic E-state index is 13.3. The molecular weight excluding hydrogens is 241 g/mol. The average Bonchev–Trinajstić information content (AvgIpc) is 2.39. The van der Waals surface area contributed by atoms with Crippen LogP contribution >= 0.6 is 0 Å². The Kier molecular flexibility index (Phi) is 4.81. The molecule has 0 saturated carbocycles. The van der Waals surface area contributed by atoms with E-state index in [1.807, 2.05) is 0 Å². The van der Waals surface area contributed by atoms with Crippen molar-refractivity contribution in [3.05, 3.63) is 29.1 Å². The van der Waals surface area contributed by atoms with Gasteiger partial charge in [0.05, 0.1) is 0 Å². The first-order chi connectivity index (χ1) is 9.15. The second-order valence-electron chi connectivity index (χ2n) is 5.50. The van der Waals surface area contributed by atoms with Crippen LogP contribution in [-0.2, 0) is 12.8 Å². The third-order valence-electron chi connectivity index (χ3n) is 4.01.